The van der Waals surface area contributed by atoms with Gasteiger partial charge in [0.15, 0.2) is 11.5 Å². The van der Waals surface area contributed by atoms with Crippen LogP contribution in [0.1, 0.15) is 31.8 Å². The number of amides is 2. The van der Waals surface area contributed by atoms with E-state index in [0.717, 1.165) is 42.5 Å². The number of aryl methyl sites for hydroxylation is 1. The molecule has 292 valence electrons. The number of phenols is 1. The number of pyridine rings is 1. The number of benzene rings is 4. The van der Waals surface area contributed by atoms with Crippen molar-refractivity contribution >= 4 is 39.6 Å². The Labute approximate surface area is 335 Å². The van der Waals surface area contributed by atoms with Crippen molar-refractivity contribution < 1.29 is 28.9 Å². The molecule has 4 aromatic carbocycles. The number of morpholine rings is 1. The summed E-state index contributed by atoms with van der Waals surface area (Å²) in [5.74, 6) is 0.797. The van der Waals surface area contributed by atoms with Gasteiger partial charge in [-0.3, -0.25) is 19.4 Å². The summed E-state index contributed by atoms with van der Waals surface area (Å²) in [5, 5.41) is 11.2. The molecule has 58 heavy (non-hydrogen) atoms. The normalized spacial score (nSPS) is 16.7. The van der Waals surface area contributed by atoms with Crippen molar-refractivity contribution in [2.24, 2.45) is 7.05 Å². The van der Waals surface area contributed by atoms with Gasteiger partial charge in [-0.1, -0.05) is 30.3 Å². The quantitative estimate of drug-likeness (QED) is 0.180. The number of carbonyl (C=O) groups is 2. The molecule has 11 heteroatoms. The lowest BCUT2D eigenvalue weighted by molar-refractivity contribution is 0.0193. The summed E-state index contributed by atoms with van der Waals surface area (Å²) in [4.78, 5) is 36.6. The van der Waals surface area contributed by atoms with Crippen LogP contribution in [0.25, 0.3) is 27.7 Å². The molecule has 0 unspecified atom stereocenters. The Kier molecular flexibility index (Phi) is 9.11. The lowest BCUT2D eigenvalue weighted by atomic mass is 9.92. The van der Waals surface area contributed by atoms with E-state index in [1.54, 1.807) is 29.2 Å². The maximum absolute atomic E-state index is 15.3. The van der Waals surface area contributed by atoms with Crippen molar-refractivity contribution in [2.75, 3.05) is 51.0 Å². The van der Waals surface area contributed by atoms with E-state index in [4.69, 9.17) is 14.2 Å². The molecule has 3 aromatic heterocycles. The van der Waals surface area contributed by atoms with Gasteiger partial charge in [-0.2, -0.15) is 0 Å². The lowest BCUT2D eigenvalue weighted by Gasteiger charge is -2.40. The van der Waals surface area contributed by atoms with Gasteiger partial charge in [0.2, 0.25) is 0 Å². The molecule has 1 saturated heterocycles. The topological polar surface area (TPSA) is 101 Å². The number of hydrogen-bond donors (Lipinski definition) is 1. The van der Waals surface area contributed by atoms with Crippen LogP contribution in [0.5, 0.6) is 17.2 Å². The van der Waals surface area contributed by atoms with E-state index < -0.39 is 0 Å². The number of rotatable bonds is 7. The summed E-state index contributed by atoms with van der Waals surface area (Å²) < 4.78 is 21.9. The molecule has 11 nitrogen and oxygen atoms in total. The second-order valence-corrected chi connectivity index (χ2v) is 15.2. The summed E-state index contributed by atoms with van der Waals surface area (Å²) in [6, 6.07) is 34.3. The van der Waals surface area contributed by atoms with Crippen molar-refractivity contribution in [2.45, 2.75) is 19.0 Å². The Morgan fingerprint density at radius 3 is 2.29 bits per heavy atom. The number of anilines is 2. The van der Waals surface area contributed by atoms with Crippen LogP contribution in [0, 0.1) is 0 Å². The zero-order chi connectivity index (χ0) is 39.3. The van der Waals surface area contributed by atoms with Crippen molar-refractivity contribution in [1.82, 2.24) is 18.8 Å². The summed E-state index contributed by atoms with van der Waals surface area (Å²) in [6.45, 7) is 4.97. The van der Waals surface area contributed by atoms with Crippen LogP contribution >= 0.6 is 0 Å². The van der Waals surface area contributed by atoms with Gasteiger partial charge in [0.05, 0.1) is 35.6 Å². The molecule has 0 radical (unpaired) electrons. The first kappa shape index (κ1) is 35.8. The molecule has 3 aliphatic heterocycles. The molecule has 0 bridgehead atoms. The number of aromatic hydroxyl groups is 1. The average molecular weight is 774 g/mol. The fraction of sp³-hybridized carbons (Fsp3) is 0.234. The van der Waals surface area contributed by atoms with Gasteiger partial charge in [-0.25, -0.2) is 0 Å². The largest absolute Gasteiger partial charge is 0.508 e. The van der Waals surface area contributed by atoms with E-state index in [1.807, 2.05) is 100 Å². The highest BCUT2D eigenvalue weighted by Gasteiger charge is 2.35. The molecule has 6 heterocycles. The van der Waals surface area contributed by atoms with Crippen molar-refractivity contribution in [3.63, 3.8) is 0 Å². The summed E-state index contributed by atoms with van der Waals surface area (Å²) in [6.07, 6.45) is 4.66. The Balaban J connectivity index is 1.11. The lowest BCUT2D eigenvalue weighted by Crippen LogP contribution is -2.52. The predicted molar refractivity (Wildman–Crippen MR) is 222 cm³/mol. The molecule has 1 fully saturated rings. The zero-order valence-electron chi connectivity index (χ0n) is 32.2. The van der Waals surface area contributed by atoms with E-state index >= 15 is 9.59 Å². The molecule has 0 spiro atoms. The molecule has 7 aromatic rings. The number of nitrogens with zero attached hydrogens (tertiary/aromatic N) is 5. The number of phenolic OH excluding ortho intramolecular Hbond substituents is 1. The second-order valence-electron chi connectivity index (χ2n) is 15.2. The average Bonchev–Trinajstić information content (AvgIpc) is 3.84. The van der Waals surface area contributed by atoms with Gasteiger partial charge in [0.25, 0.3) is 11.8 Å². The number of aromatic nitrogens is 2. The van der Waals surface area contributed by atoms with Crippen LogP contribution in [0.3, 0.4) is 0 Å². The molecule has 0 saturated carbocycles. The number of carbonyl (C=O) groups excluding carboxylic acids is 2. The van der Waals surface area contributed by atoms with Crippen LogP contribution in [0.4, 0.5) is 11.4 Å². The van der Waals surface area contributed by atoms with E-state index in [1.165, 1.54) is 5.56 Å². The first-order valence-electron chi connectivity index (χ1n) is 19.8. The molecule has 1 atom stereocenters. The molecular weight excluding hydrogens is 731 g/mol. The van der Waals surface area contributed by atoms with Crippen molar-refractivity contribution in [3.8, 4) is 28.5 Å². The van der Waals surface area contributed by atoms with E-state index in [0.29, 0.717) is 83.7 Å². The minimum Gasteiger partial charge on any atom is -0.508 e. The van der Waals surface area contributed by atoms with Crippen LogP contribution in [0.2, 0.25) is 0 Å². The first-order chi connectivity index (χ1) is 28.4. The first-order valence-corrected chi connectivity index (χ1v) is 19.8. The summed E-state index contributed by atoms with van der Waals surface area (Å²) in [7, 11) is 1.99. The molecule has 0 aliphatic carbocycles. The maximum Gasteiger partial charge on any atom is 0.265 e. The highest BCUT2D eigenvalue weighted by atomic mass is 16.6. The van der Waals surface area contributed by atoms with Gasteiger partial charge in [0, 0.05) is 79.5 Å². The third-order valence-corrected chi connectivity index (χ3v) is 11.7. The molecule has 3 aliphatic rings. The number of fused-ring (bicyclic) bond motifs is 4. The third-order valence-electron chi connectivity index (χ3n) is 11.7. The smallest absolute Gasteiger partial charge is 0.265 e. The standard InChI is InChI=1S/C47H43N5O6/c1-48-17-15-32-25-35(11-14-41(32)48)52(34-9-12-37(53)13-10-34)47(55)40-26-43(50-16-5-4-8-42(40)50)38-27-44-45(58-23-22-57-44)28-39(38)46(54)51-29-33-7-3-2-6-31(33)24-36(51)30-49-18-20-56-21-19-49/h2-17,25-28,36,53H,18-24,29-30H2,1H3/t36-/m0/s1. The predicted octanol–water partition coefficient (Wildman–Crippen LogP) is 7.45. The van der Waals surface area contributed by atoms with Gasteiger partial charge >= 0.3 is 0 Å². The van der Waals surface area contributed by atoms with Crippen molar-refractivity contribution in [3.05, 3.63) is 144 Å². The fourth-order valence-corrected chi connectivity index (χ4v) is 8.75. The zero-order valence-corrected chi connectivity index (χ0v) is 32.2. The Morgan fingerprint density at radius 2 is 1.48 bits per heavy atom. The second kappa shape index (κ2) is 14.7. The molecular formula is C47H43N5O6. The molecule has 10 rings (SSSR count). The molecule has 1 N–H and O–H groups in total. The van der Waals surface area contributed by atoms with Gasteiger partial charge in [0.1, 0.15) is 19.0 Å². The Hall–Kier alpha value is -6.56. The molecule has 2 amide bonds. The number of ether oxygens (including phenoxy) is 3. The van der Waals surface area contributed by atoms with Crippen LogP contribution in [-0.4, -0.2) is 87.8 Å². The minimum atomic E-state index is -0.264. The van der Waals surface area contributed by atoms with Crippen LogP contribution in [-0.2, 0) is 24.8 Å². The van der Waals surface area contributed by atoms with Gasteiger partial charge in [-0.15, -0.1) is 0 Å². The highest BCUT2D eigenvalue weighted by molar-refractivity contribution is 6.16. The Morgan fingerprint density at radius 1 is 0.741 bits per heavy atom. The van der Waals surface area contributed by atoms with Gasteiger partial charge < -0.3 is 33.2 Å². The Bertz CT molecular complexity index is 2690. The monoisotopic (exact) mass is 773 g/mol. The third kappa shape index (κ3) is 6.42. The van der Waals surface area contributed by atoms with E-state index in [2.05, 4.69) is 23.1 Å². The SMILES string of the molecule is Cn1ccc2cc(N(C(=O)c3cc(-c4cc5c(cc4C(=O)N4Cc6ccccc6C[C@H]4CN4CCOCC4)OCCO5)n4ccccc34)c3ccc(O)cc3)ccc21. The summed E-state index contributed by atoms with van der Waals surface area (Å²) >= 11 is 0. The van der Waals surface area contributed by atoms with Crippen LogP contribution in [0.15, 0.2) is 122 Å². The highest BCUT2D eigenvalue weighted by Crippen LogP contribution is 2.41. The van der Waals surface area contributed by atoms with Gasteiger partial charge in [-0.05, 0) is 96.4 Å². The maximum atomic E-state index is 15.3. The number of hydrogen-bond acceptors (Lipinski definition) is 7. The summed E-state index contributed by atoms with van der Waals surface area (Å²) in [5.41, 5.74) is 7.63. The van der Waals surface area contributed by atoms with Crippen molar-refractivity contribution in [1.29, 1.82) is 0 Å². The van der Waals surface area contributed by atoms with E-state index in [9.17, 15) is 5.11 Å². The fourth-order valence-electron chi connectivity index (χ4n) is 8.75. The minimum absolute atomic E-state index is 0.0661. The van der Waals surface area contributed by atoms with Crippen LogP contribution < -0.4 is 14.4 Å². The van der Waals surface area contributed by atoms with E-state index in [-0.39, 0.29) is 23.6 Å².